The Balaban J connectivity index is 2.41. The van der Waals surface area contributed by atoms with Crippen molar-refractivity contribution in [2.24, 2.45) is 5.73 Å². The molecule has 1 unspecified atom stereocenters. The Kier molecular flexibility index (Phi) is 4.54. The van der Waals surface area contributed by atoms with Crippen molar-refractivity contribution < 1.29 is 14.1 Å². The third-order valence-corrected chi connectivity index (χ3v) is 3.46. The number of nitrogens with zero attached hydrogens (tertiary/aromatic N) is 1. The average Bonchev–Trinajstić information content (AvgIpc) is 2.42. The van der Waals surface area contributed by atoms with E-state index in [-0.39, 0.29) is 23.2 Å². The quantitative estimate of drug-likeness (QED) is 0.655. The molecular weight excluding hydrogens is 343 g/mol. The number of hydrogen-bond donors (Lipinski definition) is 1. The Hall–Kier alpha value is -1.99. The number of nitro groups is 1. The predicted octanol–water partition coefficient (Wildman–Crippen LogP) is 4.31. The van der Waals surface area contributed by atoms with E-state index in [0.717, 1.165) is 0 Å². The molecule has 7 heteroatoms. The summed E-state index contributed by atoms with van der Waals surface area (Å²) in [7, 11) is 0. The Morgan fingerprint density at radius 2 is 2.10 bits per heavy atom. The van der Waals surface area contributed by atoms with Crippen LogP contribution in [0.1, 0.15) is 18.5 Å². The van der Waals surface area contributed by atoms with Gasteiger partial charge in [0.05, 0.1) is 9.40 Å². The fourth-order valence-corrected chi connectivity index (χ4v) is 2.17. The van der Waals surface area contributed by atoms with Crippen LogP contribution in [0, 0.1) is 15.9 Å². The van der Waals surface area contributed by atoms with Crippen LogP contribution in [-0.2, 0) is 0 Å². The largest absolute Gasteiger partial charge is 0.446 e. The Labute approximate surface area is 128 Å². The van der Waals surface area contributed by atoms with Gasteiger partial charge in [-0.25, -0.2) is 4.39 Å². The van der Waals surface area contributed by atoms with Gasteiger partial charge < -0.3 is 10.5 Å². The average molecular weight is 355 g/mol. The number of nitro benzene ring substituents is 1. The van der Waals surface area contributed by atoms with Crippen LogP contribution in [0.3, 0.4) is 0 Å². The molecule has 0 aliphatic heterocycles. The van der Waals surface area contributed by atoms with Crippen molar-refractivity contribution in [3.8, 4) is 11.5 Å². The summed E-state index contributed by atoms with van der Waals surface area (Å²) in [5, 5.41) is 11.0. The lowest BCUT2D eigenvalue weighted by Crippen LogP contribution is -2.05. The second kappa shape index (κ2) is 6.19. The fourth-order valence-electron chi connectivity index (χ4n) is 1.74. The van der Waals surface area contributed by atoms with Crippen molar-refractivity contribution in [3.05, 3.63) is 62.4 Å². The maximum Gasteiger partial charge on any atom is 0.312 e. The summed E-state index contributed by atoms with van der Waals surface area (Å²) in [5.41, 5.74) is 6.03. The molecule has 2 N–H and O–H groups in total. The molecule has 0 amide bonds. The van der Waals surface area contributed by atoms with Crippen molar-refractivity contribution in [1.82, 2.24) is 0 Å². The third kappa shape index (κ3) is 3.37. The minimum atomic E-state index is -0.630. The van der Waals surface area contributed by atoms with Crippen LogP contribution < -0.4 is 10.5 Å². The van der Waals surface area contributed by atoms with Gasteiger partial charge in [-0.2, -0.15) is 0 Å². The van der Waals surface area contributed by atoms with Crippen LogP contribution in [0.5, 0.6) is 11.5 Å². The number of ether oxygens (including phenoxy) is 1. The van der Waals surface area contributed by atoms with Gasteiger partial charge in [0.2, 0.25) is 5.75 Å². The molecule has 0 bridgehead atoms. The second-order valence-corrected chi connectivity index (χ2v) is 5.28. The summed E-state index contributed by atoms with van der Waals surface area (Å²) >= 11 is 3.16. The molecule has 0 saturated carbocycles. The Morgan fingerprint density at radius 3 is 2.67 bits per heavy atom. The van der Waals surface area contributed by atoms with E-state index in [9.17, 15) is 14.5 Å². The molecule has 2 aromatic rings. The van der Waals surface area contributed by atoms with Crippen LogP contribution in [0.2, 0.25) is 0 Å². The van der Waals surface area contributed by atoms with Gasteiger partial charge in [-0.15, -0.1) is 0 Å². The van der Waals surface area contributed by atoms with E-state index in [2.05, 4.69) is 15.9 Å². The topological polar surface area (TPSA) is 78.4 Å². The van der Waals surface area contributed by atoms with Gasteiger partial charge in [-0.1, -0.05) is 12.1 Å². The summed E-state index contributed by atoms with van der Waals surface area (Å²) < 4.78 is 19.7. The van der Waals surface area contributed by atoms with Crippen LogP contribution in [0.4, 0.5) is 10.1 Å². The molecule has 1 atom stereocenters. The summed E-state index contributed by atoms with van der Waals surface area (Å²) in [6.45, 7) is 1.73. The number of para-hydroxylation sites is 1. The molecule has 2 aromatic carbocycles. The number of halogens is 2. The lowest BCUT2D eigenvalue weighted by molar-refractivity contribution is -0.385. The molecule has 0 aromatic heterocycles. The highest BCUT2D eigenvalue weighted by atomic mass is 79.9. The molecule has 0 fully saturated rings. The molecule has 0 heterocycles. The van der Waals surface area contributed by atoms with Gasteiger partial charge in [0.25, 0.3) is 0 Å². The molecule has 110 valence electrons. The van der Waals surface area contributed by atoms with E-state index < -0.39 is 10.7 Å². The summed E-state index contributed by atoms with van der Waals surface area (Å²) in [6, 6.07) is 8.33. The highest BCUT2D eigenvalue weighted by Gasteiger charge is 2.20. The van der Waals surface area contributed by atoms with E-state index in [4.69, 9.17) is 10.5 Å². The summed E-state index contributed by atoms with van der Waals surface area (Å²) in [5.74, 6) is -0.779. The first-order valence-corrected chi connectivity index (χ1v) is 6.85. The molecule has 21 heavy (non-hydrogen) atoms. The molecule has 0 saturated heterocycles. The lowest BCUT2D eigenvalue weighted by Gasteiger charge is -2.11. The third-order valence-electron chi connectivity index (χ3n) is 2.84. The highest BCUT2D eigenvalue weighted by Crippen LogP contribution is 2.38. The molecular formula is C14H12BrFN2O3. The predicted molar refractivity (Wildman–Crippen MR) is 79.9 cm³/mol. The van der Waals surface area contributed by atoms with E-state index >= 15 is 0 Å². The molecule has 0 radical (unpaired) electrons. The number of benzene rings is 2. The maximum atomic E-state index is 14.0. The van der Waals surface area contributed by atoms with Gasteiger partial charge in [-0.05, 0) is 46.6 Å². The Bertz CT molecular complexity index is 692. The van der Waals surface area contributed by atoms with E-state index in [1.54, 1.807) is 19.1 Å². The van der Waals surface area contributed by atoms with Gasteiger partial charge in [-0.3, -0.25) is 10.1 Å². The van der Waals surface area contributed by atoms with Crippen molar-refractivity contribution in [3.63, 3.8) is 0 Å². The van der Waals surface area contributed by atoms with E-state index in [0.29, 0.717) is 10.0 Å². The first kappa shape index (κ1) is 15.4. The first-order chi connectivity index (χ1) is 9.90. The first-order valence-electron chi connectivity index (χ1n) is 6.06. The molecule has 0 spiro atoms. The number of nitrogens with two attached hydrogens (primary N) is 1. The minimum absolute atomic E-state index is 0.0463. The van der Waals surface area contributed by atoms with Crippen molar-refractivity contribution in [2.45, 2.75) is 13.0 Å². The van der Waals surface area contributed by atoms with Gasteiger partial charge >= 0.3 is 5.69 Å². The van der Waals surface area contributed by atoms with Gasteiger partial charge in [0.1, 0.15) is 0 Å². The van der Waals surface area contributed by atoms with Gasteiger partial charge in [0, 0.05) is 12.1 Å². The van der Waals surface area contributed by atoms with E-state index in [1.165, 1.54) is 24.3 Å². The standard InChI is InChI=1S/C14H12BrFN2O3/c1-8(17)9-5-6-13(11(16)7-9)21-14-10(15)3-2-4-12(14)18(19)20/h2-8H,17H2,1H3. The van der Waals surface area contributed by atoms with Crippen molar-refractivity contribution >= 4 is 21.6 Å². The monoisotopic (exact) mass is 354 g/mol. The van der Waals surface area contributed by atoms with Crippen LogP contribution in [0.15, 0.2) is 40.9 Å². The fraction of sp³-hybridized carbons (Fsp3) is 0.143. The SMILES string of the molecule is CC(N)c1ccc(Oc2c(Br)cccc2[N+](=O)[O-])c(F)c1. The number of rotatable bonds is 4. The second-order valence-electron chi connectivity index (χ2n) is 4.43. The molecule has 2 rings (SSSR count). The number of hydrogen-bond acceptors (Lipinski definition) is 4. The molecule has 5 nitrogen and oxygen atoms in total. The highest BCUT2D eigenvalue weighted by molar-refractivity contribution is 9.10. The maximum absolute atomic E-state index is 14.0. The van der Waals surface area contributed by atoms with Crippen LogP contribution in [0.25, 0.3) is 0 Å². The van der Waals surface area contributed by atoms with Crippen LogP contribution >= 0.6 is 15.9 Å². The van der Waals surface area contributed by atoms with E-state index in [1.807, 2.05) is 0 Å². The summed E-state index contributed by atoms with van der Waals surface area (Å²) in [6.07, 6.45) is 0. The van der Waals surface area contributed by atoms with Crippen molar-refractivity contribution in [2.75, 3.05) is 0 Å². The zero-order valence-corrected chi connectivity index (χ0v) is 12.6. The normalized spacial score (nSPS) is 12.0. The smallest absolute Gasteiger partial charge is 0.312 e. The molecule has 0 aliphatic carbocycles. The minimum Gasteiger partial charge on any atom is -0.446 e. The Morgan fingerprint density at radius 1 is 1.38 bits per heavy atom. The van der Waals surface area contributed by atoms with Gasteiger partial charge in [0.15, 0.2) is 11.6 Å². The van der Waals surface area contributed by atoms with Crippen LogP contribution in [-0.4, -0.2) is 4.92 Å². The molecule has 0 aliphatic rings. The summed E-state index contributed by atoms with van der Waals surface area (Å²) in [4.78, 5) is 10.4. The lowest BCUT2D eigenvalue weighted by atomic mass is 10.1. The van der Waals surface area contributed by atoms with Crippen molar-refractivity contribution in [1.29, 1.82) is 0 Å². The zero-order chi connectivity index (χ0) is 15.6. The zero-order valence-electron chi connectivity index (χ0n) is 11.0.